The Hall–Kier alpha value is -2.40. The number of nitrogens with two attached hydrogens (primary N) is 1. The number of H-pyrrole nitrogens is 1. The number of nitrogens with one attached hydrogen (secondary N) is 1. The quantitative estimate of drug-likeness (QED) is 0.714. The second-order valence-electron chi connectivity index (χ2n) is 5.87. The van der Waals surface area contributed by atoms with E-state index < -0.39 is 5.54 Å². The Morgan fingerprint density at radius 3 is 2.86 bits per heavy atom. The Morgan fingerprint density at radius 2 is 2.10 bits per heavy atom. The fourth-order valence-corrected chi connectivity index (χ4v) is 3.38. The van der Waals surface area contributed by atoms with Gasteiger partial charge in [-0.25, -0.2) is 4.98 Å². The molecule has 3 N–H and O–H groups in total. The molecule has 0 radical (unpaired) electrons. The first-order valence-corrected chi connectivity index (χ1v) is 7.03. The molecule has 0 spiro atoms. The summed E-state index contributed by atoms with van der Waals surface area (Å²) in [5.41, 5.74) is 10.1. The third-order valence-electron chi connectivity index (χ3n) is 4.50. The number of rotatable bonds is 1. The largest absolute Gasteiger partial charge is 0.317 e. The molecule has 21 heavy (non-hydrogen) atoms. The lowest BCUT2D eigenvalue weighted by Crippen LogP contribution is -2.43. The lowest BCUT2D eigenvalue weighted by atomic mass is 9.81. The maximum atomic E-state index is 12.2. The van der Waals surface area contributed by atoms with Crippen molar-refractivity contribution in [2.24, 2.45) is 11.7 Å². The summed E-state index contributed by atoms with van der Waals surface area (Å²) >= 11 is 0. The minimum Gasteiger partial charge on any atom is -0.317 e. The molecule has 2 aromatic heterocycles. The van der Waals surface area contributed by atoms with Crippen LogP contribution < -0.4 is 11.3 Å². The number of aromatic nitrogens is 3. The molecule has 3 aromatic rings. The average molecular weight is 280 g/mol. The van der Waals surface area contributed by atoms with Crippen LogP contribution in [-0.2, 0) is 5.54 Å². The van der Waals surface area contributed by atoms with Gasteiger partial charge in [-0.2, -0.15) is 0 Å². The lowest BCUT2D eigenvalue weighted by Gasteiger charge is -2.31. The van der Waals surface area contributed by atoms with Gasteiger partial charge in [-0.05, 0) is 11.5 Å². The van der Waals surface area contributed by atoms with Crippen LogP contribution in [0.5, 0.6) is 0 Å². The summed E-state index contributed by atoms with van der Waals surface area (Å²) in [5, 5.41) is 0. The first-order valence-electron chi connectivity index (χ1n) is 7.03. The Balaban J connectivity index is 2.25. The standard InChI is InChI=1S/C16H16N4O/c1-9(2)16(17)11-6-4-3-5-10(11)12-13(16)20-8-7-18-14(20)15(21)19-12/h3-9H,17H2,1-2H3,(H,19,21). The molecule has 1 aromatic carbocycles. The summed E-state index contributed by atoms with van der Waals surface area (Å²) in [7, 11) is 0. The van der Waals surface area contributed by atoms with Crippen molar-refractivity contribution in [3.63, 3.8) is 0 Å². The van der Waals surface area contributed by atoms with Crippen molar-refractivity contribution in [3.8, 4) is 11.3 Å². The van der Waals surface area contributed by atoms with Gasteiger partial charge in [0.05, 0.1) is 16.9 Å². The normalized spacial score (nSPS) is 20.0. The minimum absolute atomic E-state index is 0.177. The molecule has 0 aliphatic heterocycles. The van der Waals surface area contributed by atoms with Crippen molar-refractivity contribution in [2.45, 2.75) is 19.4 Å². The molecule has 1 aliphatic rings. The highest BCUT2D eigenvalue weighted by Crippen LogP contribution is 2.47. The van der Waals surface area contributed by atoms with E-state index in [1.807, 2.05) is 28.7 Å². The van der Waals surface area contributed by atoms with Crippen LogP contribution in [0.3, 0.4) is 0 Å². The van der Waals surface area contributed by atoms with Gasteiger partial charge in [0.15, 0.2) is 0 Å². The van der Waals surface area contributed by atoms with Gasteiger partial charge >= 0.3 is 0 Å². The maximum Gasteiger partial charge on any atom is 0.292 e. The van der Waals surface area contributed by atoms with E-state index >= 15 is 0 Å². The van der Waals surface area contributed by atoms with Crippen molar-refractivity contribution < 1.29 is 0 Å². The van der Waals surface area contributed by atoms with Gasteiger partial charge in [0.25, 0.3) is 5.56 Å². The maximum absolute atomic E-state index is 12.2. The zero-order valence-corrected chi connectivity index (χ0v) is 11.9. The van der Waals surface area contributed by atoms with E-state index in [9.17, 15) is 4.79 Å². The molecule has 0 bridgehead atoms. The van der Waals surface area contributed by atoms with E-state index in [0.29, 0.717) is 5.65 Å². The molecule has 1 atom stereocenters. The highest BCUT2D eigenvalue weighted by molar-refractivity contribution is 5.77. The number of imidazole rings is 1. The van der Waals surface area contributed by atoms with Crippen LogP contribution in [0.25, 0.3) is 16.9 Å². The lowest BCUT2D eigenvalue weighted by molar-refractivity contribution is 0.379. The van der Waals surface area contributed by atoms with Crippen LogP contribution in [0.2, 0.25) is 0 Å². The van der Waals surface area contributed by atoms with Gasteiger partial charge < -0.3 is 10.7 Å². The van der Waals surface area contributed by atoms with Crippen LogP contribution in [-0.4, -0.2) is 14.4 Å². The monoisotopic (exact) mass is 280 g/mol. The number of aromatic amines is 1. The van der Waals surface area contributed by atoms with Crippen LogP contribution in [0.15, 0.2) is 41.5 Å². The zero-order valence-electron chi connectivity index (χ0n) is 11.9. The molecule has 0 saturated carbocycles. The van der Waals surface area contributed by atoms with E-state index in [-0.39, 0.29) is 11.5 Å². The van der Waals surface area contributed by atoms with Crippen LogP contribution in [0.4, 0.5) is 0 Å². The molecule has 4 rings (SSSR count). The van der Waals surface area contributed by atoms with Gasteiger partial charge in [-0.3, -0.25) is 9.20 Å². The summed E-state index contributed by atoms with van der Waals surface area (Å²) in [6.45, 7) is 4.19. The molecule has 2 heterocycles. The third-order valence-corrected chi connectivity index (χ3v) is 4.50. The second-order valence-corrected chi connectivity index (χ2v) is 5.87. The van der Waals surface area contributed by atoms with Gasteiger partial charge in [0.1, 0.15) is 0 Å². The van der Waals surface area contributed by atoms with E-state index in [1.165, 1.54) is 0 Å². The highest BCUT2D eigenvalue weighted by Gasteiger charge is 2.45. The number of benzene rings is 1. The number of fused-ring (bicyclic) bond motifs is 5. The van der Waals surface area contributed by atoms with Crippen LogP contribution in [0.1, 0.15) is 25.1 Å². The molecule has 5 heteroatoms. The van der Waals surface area contributed by atoms with Gasteiger partial charge in [-0.15, -0.1) is 0 Å². The van der Waals surface area contributed by atoms with Gasteiger partial charge in [0.2, 0.25) is 5.65 Å². The summed E-state index contributed by atoms with van der Waals surface area (Å²) in [5.74, 6) is 0.177. The van der Waals surface area contributed by atoms with Gasteiger partial charge in [-0.1, -0.05) is 38.1 Å². The van der Waals surface area contributed by atoms with E-state index in [2.05, 4.69) is 23.8 Å². The summed E-state index contributed by atoms with van der Waals surface area (Å²) < 4.78 is 1.83. The smallest absolute Gasteiger partial charge is 0.292 e. The topological polar surface area (TPSA) is 76.2 Å². The van der Waals surface area contributed by atoms with Crippen molar-refractivity contribution in [3.05, 3.63) is 58.3 Å². The van der Waals surface area contributed by atoms with Crippen LogP contribution >= 0.6 is 0 Å². The Labute approximate surface area is 121 Å². The second kappa shape index (κ2) is 3.83. The zero-order chi connectivity index (χ0) is 14.8. The van der Waals surface area contributed by atoms with Crippen molar-refractivity contribution in [1.29, 1.82) is 0 Å². The molecular weight excluding hydrogens is 264 g/mol. The Morgan fingerprint density at radius 1 is 1.33 bits per heavy atom. The predicted molar refractivity (Wildman–Crippen MR) is 81.1 cm³/mol. The number of hydrogen-bond donors (Lipinski definition) is 2. The average Bonchev–Trinajstić information content (AvgIpc) is 3.03. The molecule has 5 nitrogen and oxygen atoms in total. The van der Waals surface area contributed by atoms with E-state index in [4.69, 9.17) is 5.73 Å². The number of nitrogens with zero attached hydrogens (tertiary/aromatic N) is 2. The molecular formula is C16H16N4O. The fourth-order valence-electron chi connectivity index (χ4n) is 3.38. The van der Waals surface area contributed by atoms with Crippen molar-refractivity contribution in [2.75, 3.05) is 0 Å². The SMILES string of the molecule is CC(C)C1(N)c2ccccc2-c2[nH]c(=O)c3nccn3c21. The summed E-state index contributed by atoms with van der Waals surface area (Å²) in [6.07, 6.45) is 3.44. The van der Waals surface area contributed by atoms with Crippen LogP contribution in [0, 0.1) is 5.92 Å². The van der Waals surface area contributed by atoms with Crippen molar-refractivity contribution >= 4 is 5.65 Å². The van der Waals surface area contributed by atoms with Crippen molar-refractivity contribution in [1.82, 2.24) is 14.4 Å². The molecule has 0 saturated heterocycles. The summed E-state index contributed by atoms with van der Waals surface area (Å²) in [6, 6.07) is 7.99. The Kier molecular flexibility index (Phi) is 2.25. The third kappa shape index (κ3) is 1.34. The molecule has 106 valence electrons. The highest BCUT2D eigenvalue weighted by atomic mass is 16.1. The molecule has 0 fully saturated rings. The molecule has 1 unspecified atom stereocenters. The fraction of sp³-hybridized carbons (Fsp3) is 0.250. The Bertz CT molecular complexity index is 921. The molecule has 1 aliphatic carbocycles. The first kappa shape index (κ1) is 12.3. The van der Waals surface area contributed by atoms with E-state index in [1.54, 1.807) is 12.4 Å². The van der Waals surface area contributed by atoms with Gasteiger partial charge in [0, 0.05) is 18.0 Å². The molecule has 0 amide bonds. The predicted octanol–water partition coefficient (Wildman–Crippen LogP) is 1.86. The number of hydrogen-bond acceptors (Lipinski definition) is 3. The first-order chi connectivity index (χ1) is 10.0. The minimum atomic E-state index is -0.644. The summed E-state index contributed by atoms with van der Waals surface area (Å²) in [4.78, 5) is 19.3. The van der Waals surface area contributed by atoms with E-state index in [0.717, 1.165) is 22.5 Å².